The Hall–Kier alpha value is -2.53. The molecular formula is C40H44IN3OS3. The Morgan fingerprint density at radius 3 is 2.27 bits per heavy atom. The Kier molecular flexibility index (Phi) is 11.4. The van der Waals surface area contributed by atoms with Crippen LogP contribution in [-0.4, -0.2) is 27.3 Å². The van der Waals surface area contributed by atoms with Gasteiger partial charge in [-0.05, 0) is 99.0 Å². The Morgan fingerprint density at radius 1 is 0.896 bits per heavy atom. The van der Waals surface area contributed by atoms with Crippen molar-refractivity contribution in [1.82, 2.24) is 4.57 Å². The van der Waals surface area contributed by atoms with Gasteiger partial charge in [0.25, 0.3) is 5.56 Å². The minimum Gasteiger partial charge on any atom is -1.00 e. The van der Waals surface area contributed by atoms with Gasteiger partial charge in [0.1, 0.15) is 16.5 Å². The number of allylic oxidation sites excluding steroid dienone is 1. The van der Waals surface area contributed by atoms with Gasteiger partial charge >= 0.3 is 0 Å². The van der Waals surface area contributed by atoms with E-state index < -0.39 is 0 Å². The van der Waals surface area contributed by atoms with Crippen molar-refractivity contribution in [2.24, 2.45) is 0 Å². The molecule has 0 bridgehead atoms. The second-order valence-electron chi connectivity index (χ2n) is 12.4. The summed E-state index contributed by atoms with van der Waals surface area (Å²) in [6.45, 7) is 11.2. The summed E-state index contributed by atoms with van der Waals surface area (Å²) in [7, 11) is 0. The Labute approximate surface area is 314 Å². The highest BCUT2D eigenvalue weighted by atomic mass is 127. The Bertz CT molecular complexity index is 2030. The average molecular weight is 806 g/mol. The van der Waals surface area contributed by atoms with Crippen LogP contribution in [-0.2, 0) is 19.4 Å². The second kappa shape index (κ2) is 15.6. The van der Waals surface area contributed by atoms with Crippen molar-refractivity contribution in [1.29, 1.82) is 0 Å². The van der Waals surface area contributed by atoms with Crippen molar-refractivity contribution < 1.29 is 28.6 Å². The molecule has 4 aromatic rings. The number of hydrogen-bond acceptors (Lipinski definition) is 5. The highest BCUT2D eigenvalue weighted by Crippen LogP contribution is 2.50. The van der Waals surface area contributed by atoms with Gasteiger partial charge in [-0.1, -0.05) is 85.4 Å². The van der Waals surface area contributed by atoms with Crippen LogP contribution in [0.2, 0.25) is 0 Å². The van der Waals surface area contributed by atoms with E-state index in [1.807, 2.05) is 28.1 Å². The van der Waals surface area contributed by atoms with Crippen molar-refractivity contribution >= 4 is 57.2 Å². The number of fused-ring (bicyclic) bond motifs is 3. The van der Waals surface area contributed by atoms with E-state index >= 15 is 0 Å². The van der Waals surface area contributed by atoms with E-state index in [1.54, 1.807) is 16.9 Å². The summed E-state index contributed by atoms with van der Waals surface area (Å²) in [6.07, 6.45) is 10.3. The lowest BCUT2D eigenvalue weighted by Crippen LogP contribution is -3.00. The summed E-state index contributed by atoms with van der Waals surface area (Å²) >= 11 is 5.50. The molecule has 2 unspecified atom stereocenters. The quantitative estimate of drug-likeness (QED) is 0.179. The minimum atomic E-state index is 0. The molecule has 0 amide bonds. The number of rotatable bonds is 8. The molecule has 48 heavy (non-hydrogen) atoms. The summed E-state index contributed by atoms with van der Waals surface area (Å²) in [5.41, 5.74) is 8.32. The molecule has 7 rings (SSSR count). The number of hydrogen-bond donors (Lipinski definition) is 0. The predicted octanol–water partition coefficient (Wildman–Crippen LogP) is 5.29. The average Bonchev–Trinajstić information content (AvgIpc) is 3.78. The molecule has 3 heterocycles. The zero-order chi connectivity index (χ0) is 32.5. The molecule has 0 saturated carbocycles. The van der Waals surface area contributed by atoms with Crippen LogP contribution in [0.4, 0.5) is 5.69 Å². The van der Waals surface area contributed by atoms with Crippen LogP contribution in [0.5, 0.6) is 0 Å². The van der Waals surface area contributed by atoms with Crippen LogP contribution < -0.4 is 43.6 Å². The van der Waals surface area contributed by atoms with Gasteiger partial charge in [-0.15, -0.1) is 11.3 Å². The zero-order valence-electron chi connectivity index (χ0n) is 28.2. The number of nitrogens with zero attached hydrogens (tertiary/aromatic N) is 3. The predicted molar refractivity (Wildman–Crippen MR) is 203 cm³/mol. The molecule has 0 spiro atoms. The van der Waals surface area contributed by atoms with Gasteiger partial charge in [-0.25, -0.2) is 4.58 Å². The number of halogens is 1. The zero-order valence-corrected chi connectivity index (χ0v) is 32.9. The van der Waals surface area contributed by atoms with Gasteiger partial charge < -0.3 is 28.9 Å². The van der Waals surface area contributed by atoms with Gasteiger partial charge in [-0.3, -0.25) is 9.36 Å². The summed E-state index contributed by atoms with van der Waals surface area (Å²) < 4.78 is 6.41. The number of likely N-dealkylation sites (N-methyl/N-ethyl adjacent to an activating group) is 1. The minimum absolute atomic E-state index is 0. The Morgan fingerprint density at radius 2 is 1.60 bits per heavy atom. The highest BCUT2D eigenvalue weighted by molar-refractivity contribution is 8.15. The summed E-state index contributed by atoms with van der Waals surface area (Å²) in [4.78, 5) is 18.0. The molecule has 2 aliphatic heterocycles. The number of aromatic nitrogens is 1. The first-order chi connectivity index (χ1) is 23.1. The van der Waals surface area contributed by atoms with Crippen molar-refractivity contribution in [3.63, 3.8) is 0 Å². The summed E-state index contributed by atoms with van der Waals surface area (Å²) in [6, 6.07) is 26.7. The third kappa shape index (κ3) is 6.54. The van der Waals surface area contributed by atoms with Crippen LogP contribution in [0, 0.1) is 0 Å². The van der Waals surface area contributed by atoms with E-state index in [1.165, 1.54) is 63.0 Å². The topological polar surface area (TPSA) is 28.2 Å². The molecule has 1 aromatic heterocycles. The van der Waals surface area contributed by atoms with E-state index in [-0.39, 0.29) is 40.8 Å². The van der Waals surface area contributed by atoms with Crippen molar-refractivity contribution in [2.75, 3.05) is 18.0 Å². The van der Waals surface area contributed by atoms with Gasteiger partial charge in [0.15, 0.2) is 6.04 Å². The molecule has 2 atom stereocenters. The van der Waals surface area contributed by atoms with Crippen molar-refractivity contribution in [3.05, 3.63) is 126 Å². The van der Waals surface area contributed by atoms with Crippen LogP contribution in [0.15, 0.2) is 93.6 Å². The second-order valence-corrected chi connectivity index (χ2v) is 15.6. The fourth-order valence-corrected chi connectivity index (χ4v) is 11.6. The van der Waals surface area contributed by atoms with E-state index in [2.05, 4.69) is 122 Å². The lowest BCUT2D eigenvalue weighted by molar-refractivity contribution is -0.562. The van der Waals surface area contributed by atoms with E-state index in [0.717, 1.165) is 34.3 Å². The smallest absolute Gasteiger partial charge is 0.269 e. The maximum absolute atomic E-state index is 14.1. The fraction of sp³-hybridized carbons (Fsp3) is 0.350. The third-order valence-corrected chi connectivity index (χ3v) is 13.5. The lowest BCUT2D eigenvalue weighted by atomic mass is 9.91. The van der Waals surface area contributed by atoms with Gasteiger partial charge in [0.05, 0.1) is 21.3 Å². The number of aryl methyl sites for hydroxylation is 1. The van der Waals surface area contributed by atoms with Crippen LogP contribution in [0.1, 0.15) is 80.5 Å². The molecule has 1 aliphatic carbocycles. The van der Waals surface area contributed by atoms with Crippen molar-refractivity contribution in [3.8, 4) is 0 Å². The lowest BCUT2D eigenvalue weighted by Gasteiger charge is -2.21. The van der Waals surface area contributed by atoms with Gasteiger partial charge in [0.2, 0.25) is 5.04 Å². The van der Waals surface area contributed by atoms with E-state index in [9.17, 15) is 4.79 Å². The first kappa shape index (κ1) is 35.3. The number of benzene rings is 3. The molecule has 4 nitrogen and oxygen atoms in total. The number of anilines is 1. The first-order valence-electron chi connectivity index (χ1n) is 17.2. The molecule has 0 fully saturated rings. The molecule has 0 saturated heterocycles. The van der Waals surface area contributed by atoms with Crippen LogP contribution in [0.3, 0.4) is 0 Å². The molecule has 0 N–H and O–H groups in total. The Balaban J connectivity index is 0.00000401. The molecule has 0 radical (unpaired) electrons. The SMILES string of the molecule is CCC(/C=C1\Sc2c(ccc3c2CCCC3)N1CC)=c1/s/c(=C/C2=[N+](CC)C(c3ccccc3)C(c3ccccc3)S2)n(CC)c1=O.[I-]. The largest absolute Gasteiger partial charge is 1.00 e. The molecular weight excluding hydrogens is 762 g/mol. The maximum Gasteiger partial charge on any atom is 0.269 e. The number of thioether (sulfide) groups is 2. The molecule has 250 valence electrons. The monoisotopic (exact) mass is 805 g/mol. The van der Waals surface area contributed by atoms with Gasteiger partial charge in [-0.2, -0.15) is 0 Å². The van der Waals surface area contributed by atoms with E-state index in [0.29, 0.717) is 6.54 Å². The van der Waals surface area contributed by atoms with E-state index in [4.69, 9.17) is 0 Å². The molecule has 8 heteroatoms. The normalized spacial score (nSPS) is 20.6. The standard InChI is InChI=1S/C40H44N3OS3.HI/c1-5-27(25-33-41(6-2)32-24-23-28-17-15-16-22-31(28)39(32)47-33)38-40(44)43(8-4)35(46-38)26-34-42(7-3)36(29-18-11-9-12-19-29)37(45-34)30-20-13-10-14-21-30;/h9-14,18-21,23-26,36-37H,5-8,15-17,22H2,1-4H3;1H/q+1;/p-1/b33-25-,38-27-;. The van der Waals surface area contributed by atoms with Gasteiger partial charge in [0, 0.05) is 23.5 Å². The summed E-state index contributed by atoms with van der Waals surface area (Å²) in [5, 5.41) is 2.74. The fourth-order valence-electron chi connectivity index (χ4n) is 7.37. The molecule has 3 aromatic carbocycles. The number of thiazole rings is 1. The van der Waals surface area contributed by atoms with Crippen LogP contribution >= 0.6 is 34.9 Å². The first-order valence-corrected chi connectivity index (χ1v) is 19.7. The van der Waals surface area contributed by atoms with Crippen molar-refractivity contribution in [2.45, 2.75) is 82.5 Å². The third-order valence-electron chi connectivity index (χ3n) is 9.75. The highest BCUT2D eigenvalue weighted by Gasteiger charge is 2.43. The summed E-state index contributed by atoms with van der Waals surface area (Å²) in [5.74, 6) is 0. The maximum atomic E-state index is 14.1. The molecule has 3 aliphatic rings. The van der Waals surface area contributed by atoms with Crippen LogP contribution in [0.25, 0.3) is 11.6 Å².